The van der Waals surface area contributed by atoms with Crippen molar-refractivity contribution in [3.63, 3.8) is 0 Å². The van der Waals surface area contributed by atoms with Gasteiger partial charge in [0, 0.05) is 16.8 Å². The normalized spacial score (nSPS) is 11.0. The van der Waals surface area contributed by atoms with Gasteiger partial charge in [-0.15, -0.1) is 5.69 Å². The van der Waals surface area contributed by atoms with Gasteiger partial charge in [0.1, 0.15) is 11.5 Å². The van der Waals surface area contributed by atoms with Crippen molar-refractivity contribution in [2.24, 2.45) is 4.99 Å². The van der Waals surface area contributed by atoms with Crippen LogP contribution in [0.4, 0.5) is 5.13 Å². The second kappa shape index (κ2) is 19.4. The fraction of sp³-hybridized carbons (Fsp3) is 0. The van der Waals surface area contributed by atoms with E-state index in [1.165, 1.54) is 31.8 Å². The average molecular weight is 828 g/mol. The molecule has 56 heavy (non-hydrogen) atoms. The van der Waals surface area contributed by atoms with E-state index in [1.54, 1.807) is 23.7 Å². The van der Waals surface area contributed by atoms with Gasteiger partial charge >= 0.3 is 17.1 Å². The Morgan fingerprint density at radius 3 is 1.36 bits per heavy atom. The van der Waals surface area contributed by atoms with Gasteiger partial charge in [-0.05, 0) is 61.3 Å². The molecule has 0 saturated heterocycles. The van der Waals surface area contributed by atoms with Gasteiger partial charge in [0.05, 0.1) is 10.2 Å². The van der Waals surface area contributed by atoms with Gasteiger partial charge < -0.3 is 9.72 Å². The minimum Gasteiger partial charge on any atom is -0.663 e. The summed E-state index contributed by atoms with van der Waals surface area (Å²) in [6.07, 6.45) is 3.48. The van der Waals surface area contributed by atoms with Crippen LogP contribution in [-0.2, 0) is 17.1 Å². The monoisotopic (exact) mass is 827 g/mol. The van der Waals surface area contributed by atoms with E-state index in [-0.39, 0.29) is 17.1 Å². The Hall–Kier alpha value is -5.44. The first kappa shape index (κ1) is 38.8. The molecule has 0 aliphatic carbocycles. The van der Waals surface area contributed by atoms with Crippen molar-refractivity contribution >= 4 is 80.6 Å². The molecule has 0 aliphatic rings. The van der Waals surface area contributed by atoms with E-state index in [0.29, 0.717) is 0 Å². The number of ether oxygens (including phenoxy) is 1. The quantitative estimate of drug-likeness (QED) is 0.0784. The SMILES string of the molecule is C(=N\c1nc2ccccc2s1)/c1ccc[n-]1.[Cu+].c1ccc(P(c2ccccc2)c2ccccc2Oc2ccccc2P(c2ccccc2)c2ccccc2)cc1. The zero-order valence-corrected chi connectivity index (χ0v) is 33.7. The number of aromatic nitrogens is 2. The Balaban J connectivity index is 0.000000235. The Labute approximate surface area is 345 Å². The largest absolute Gasteiger partial charge is 1.00 e. The zero-order chi connectivity index (χ0) is 37.1. The molecule has 2 aromatic heterocycles. The zero-order valence-electron chi connectivity index (χ0n) is 30.1. The van der Waals surface area contributed by atoms with Gasteiger partial charge in [0.15, 0.2) is 0 Å². The van der Waals surface area contributed by atoms with Crippen LogP contribution in [0.15, 0.2) is 217 Å². The van der Waals surface area contributed by atoms with Crippen molar-refractivity contribution in [3.8, 4) is 11.5 Å². The molecule has 0 saturated carbocycles. The van der Waals surface area contributed by atoms with Gasteiger partial charge in [-0.3, -0.25) is 0 Å². The van der Waals surface area contributed by atoms with Crippen LogP contribution in [0.5, 0.6) is 11.5 Å². The van der Waals surface area contributed by atoms with E-state index >= 15 is 0 Å². The standard InChI is InChI=1S/C36H28OP2.C12H8N3S.Cu/c1-5-17-29(18-6-1)38(30-19-7-2-8-20-30)35-27-15-13-25-33(35)37-34-26-14-16-28-36(34)39(31-21-9-3-10-22-31)32-23-11-4-12-24-32;1-2-6-11-10(5-1)15-12(16-11)14-8-9-4-3-7-13-9;/h1-28H;1-8H;/q;-1;+1/b;14-8+;. The summed E-state index contributed by atoms with van der Waals surface area (Å²) in [6, 6.07) is 72.0. The van der Waals surface area contributed by atoms with Crippen LogP contribution in [0.1, 0.15) is 5.69 Å². The molecule has 4 nitrogen and oxygen atoms in total. The predicted molar refractivity (Wildman–Crippen MR) is 237 cm³/mol. The Bertz CT molecular complexity index is 2350. The van der Waals surface area contributed by atoms with Crippen molar-refractivity contribution in [3.05, 3.63) is 218 Å². The van der Waals surface area contributed by atoms with Gasteiger partial charge in [0.2, 0.25) is 5.13 Å². The predicted octanol–water partition coefficient (Wildman–Crippen LogP) is 10.00. The number of para-hydroxylation sites is 3. The van der Waals surface area contributed by atoms with Crippen LogP contribution in [0.3, 0.4) is 0 Å². The van der Waals surface area contributed by atoms with Crippen molar-refractivity contribution in [1.82, 2.24) is 9.97 Å². The molecule has 0 radical (unpaired) electrons. The van der Waals surface area contributed by atoms with E-state index in [9.17, 15) is 0 Å². The molecular formula is C48H36CuN3OP2S. The third-order valence-electron chi connectivity index (χ3n) is 8.66. The minimum absolute atomic E-state index is 0. The molecule has 0 aliphatic heterocycles. The van der Waals surface area contributed by atoms with Crippen LogP contribution < -0.4 is 41.5 Å². The number of thiazole rings is 1. The second-order valence-corrected chi connectivity index (χ2v) is 17.7. The molecule has 9 rings (SSSR count). The van der Waals surface area contributed by atoms with E-state index in [1.807, 2.05) is 36.4 Å². The molecule has 8 heteroatoms. The smallest absolute Gasteiger partial charge is 0.663 e. The van der Waals surface area contributed by atoms with Crippen LogP contribution in [0.25, 0.3) is 10.2 Å². The summed E-state index contributed by atoms with van der Waals surface area (Å²) in [4.78, 5) is 12.8. The third-order valence-corrected chi connectivity index (χ3v) is 14.6. The minimum atomic E-state index is -0.795. The summed E-state index contributed by atoms with van der Waals surface area (Å²) >= 11 is 1.58. The first-order valence-corrected chi connectivity index (χ1v) is 21.4. The maximum absolute atomic E-state index is 6.92. The summed E-state index contributed by atoms with van der Waals surface area (Å²) in [7, 11) is -1.59. The first-order valence-electron chi connectivity index (χ1n) is 17.9. The summed E-state index contributed by atoms with van der Waals surface area (Å²) in [5, 5.41) is 8.41. The Morgan fingerprint density at radius 1 is 0.482 bits per heavy atom. The molecule has 0 N–H and O–H groups in total. The summed E-state index contributed by atoms with van der Waals surface area (Å²) in [6.45, 7) is 0. The van der Waals surface area contributed by atoms with Crippen molar-refractivity contribution < 1.29 is 21.8 Å². The molecule has 0 spiro atoms. The molecule has 7 aromatic carbocycles. The van der Waals surface area contributed by atoms with Crippen LogP contribution >= 0.6 is 27.2 Å². The molecule has 0 bridgehead atoms. The van der Waals surface area contributed by atoms with Gasteiger partial charge in [-0.1, -0.05) is 193 Å². The van der Waals surface area contributed by atoms with Gasteiger partial charge in [-0.2, -0.15) is 6.20 Å². The fourth-order valence-corrected chi connectivity index (χ4v) is 11.7. The number of aliphatic imine (C=N–C) groups is 1. The maximum atomic E-state index is 6.92. The number of rotatable bonds is 10. The number of hydrogen-bond donors (Lipinski definition) is 0. The molecule has 276 valence electrons. The fourth-order valence-electron chi connectivity index (χ4n) is 6.16. The summed E-state index contributed by atoms with van der Waals surface area (Å²) < 4.78 is 8.08. The summed E-state index contributed by atoms with van der Waals surface area (Å²) in [5.74, 6) is 1.81. The number of hydrogen-bond acceptors (Lipinski definition) is 4. The number of fused-ring (bicyclic) bond motifs is 1. The van der Waals surface area contributed by atoms with Crippen LogP contribution in [0.2, 0.25) is 0 Å². The van der Waals surface area contributed by atoms with Crippen molar-refractivity contribution in [2.45, 2.75) is 0 Å². The van der Waals surface area contributed by atoms with Gasteiger partial charge in [-0.25, -0.2) is 9.98 Å². The van der Waals surface area contributed by atoms with Gasteiger partial charge in [0.25, 0.3) is 0 Å². The van der Waals surface area contributed by atoms with E-state index in [4.69, 9.17) is 4.74 Å². The average Bonchev–Trinajstić information content (AvgIpc) is 3.94. The van der Waals surface area contributed by atoms with E-state index in [2.05, 4.69) is 185 Å². The molecule has 0 unspecified atom stereocenters. The molecule has 0 amide bonds. The Morgan fingerprint density at radius 2 is 0.911 bits per heavy atom. The maximum Gasteiger partial charge on any atom is 1.00 e. The third kappa shape index (κ3) is 9.49. The molecule has 2 heterocycles. The summed E-state index contributed by atoms with van der Waals surface area (Å²) in [5.41, 5.74) is 1.86. The van der Waals surface area contributed by atoms with Crippen molar-refractivity contribution in [2.75, 3.05) is 0 Å². The van der Waals surface area contributed by atoms with E-state index in [0.717, 1.165) is 32.5 Å². The topological polar surface area (TPSA) is 48.6 Å². The van der Waals surface area contributed by atoms with E-state index < -0.39 is 15.8 Å². The number of benzene rings is 7. The first-order chi connectivity index (χ1) is 27.3. The van der Waals surface area contributed by atoms with Crippen LogP contribution in [0, 0.1) is 0 Å². The Kier molecular flexibility index (Phi) is 13.5. The number of nitrogens with zero attached hydrogens (tertiary/aromatic N) is 3. The molecule has 0 fully saturated rings. The second-order valence-electron chi connectivity index (χ2n) is 12.3. The molecule has 0 atom stereocenters. The van der Waals surface area contributed by atoms with Crippen LogP contribution in [-0.4, -0.2) is 11.2 Å². The van der Waals surface area contributed by atoms with Crippen molar-refractivity contribution in [1.29, 1.82) is 0 Å². The molecule has 9 aromatic rings. The molecular weight excluding hydrogens is 792 g/mol.